The number of carbonyl (C=O) groups is 4. The van der Waals surface area contributed by atoms with E-state index < -0.39 is 5.41 Å². The van der Waals surface area contributed by atoms with Gasteiger partial charge < -0.3 is 15.0 Å². The lowest BCUT2D eigenvalue weighted by Crippen LogP contribution is -2.58. The molecule has 0 bridgehead atoms. The van der Waals surface area contributed by atoms with Gasteiger partial charge in [0.05, 0.1) is 12.6 Å². The van der Waals surface area contributed by atoms with Crippen molar-refractivity contribution in [3.63, 3.8) is 0 Å². The fraction of sp³-hybridized carbons (Fsp3) is 0.818. The Hall–Kier alpha value is -2.65. The van der Waals surface area contributed by atoms with E-state index in [1.54, 1.807) is 11.8 Å². The second-order valence-electron chi connectivity index (χ2n) is 9.19. The van der Waals surface area contributed by atoms with Crippen molar-refractivity contribution < 1.29 is 23.9 Å². The van der Waals surface area contributed by atoms with E-state index in [-0.39, 0.29) is 62.1 Å². The summed E-state index contributed by atoms with van der Waals surface area (Å²) in [6, 6.07) is -0.254. The van der Waals surface area contributed by atoms with E-state index in [0.717, 1.165) is 0 Å². The van der Waals surface area contributed by atoms with Gasteiger partial charge in [0.2, 0.25) is 11.8 Å². The molecular weight excluding hydrogens is 428 g/mol. The second kappa shape index (κ2) is 14.5. The molecule has 0 spiro atoms. The van der Waals surface area contributed by atoms with Crippen LogP contribution in [-0.2, 0) is 23.9 Å². The summed E-state index contributed by atoms with van der Waals surface area (Å²) in [6.45, 7) is 9.66. The van der Waals surface area contributed by atoms with Crippen LogP contribution in [0.15, 0.2) is 5.11 Å². The number of carbonyl (C=O) groups excluding carboxylic acids is 4. The molecule has 0 radical (unpaired) electrons. The van der Waals surface area contributed by atoms with Crippen molar-refractivity contribution in [2.24, 2.45) is 10.5 Å². The maximum atomic E-state index is 12.7. The SMILES string of the molecule is CCC(=O)OCC1CN(C(=O)CCNC(=O)CCCCN=[N+]=[N-])CCN1CC(=O)C(C)(C)C. The van der Waals surface area contributed by atoms with E-state index in [9.17, 15) is 19.2 Å². The first-order chi connectivity index (χ1) is 15.6. The van der Waals surface area contributed by atoms with Gasteiger partial charge in [-0.15, -0.1) is 0 Å². The van der Waals surface area contributed by atoms with Crippen molar-refractivity contribution in [3.8, 4) is 0 Å². The van der Waals surface area contributed by atoms with Crippen LogP contribution in [0.5, 0.6) is 0 Å². The third-order valence-corrected chi connectivity index (χ3v) is 5.50. The average Bonchev–Trinajstić information content (AvgIpc) is 2.77. The largest absolute Gasteiger partial charge is 0.464 e. The zero-order chi connectivity index (χ0) is 24.9. The van der Waals surface area contributed by atoms with Gasteiger partial charge in [0, 0.05) is 62.3 Å². The summed E-state index contributed by atoms with van der Waals surface area (Å²) < 4.78 is 5.32. The maximum absolute atomic E-state index is 12.7. The smallest absolute Gasteiger partial charge is 0.305 e. The average molecular weight is 467 g/mol. The first-order valence-corrected chi connectivity index (χ1v) is 11.6. The third-order valence-electron chi connectivity index (χ3n) is 5.50. The minimum Gasteiger partial charge on any atom is -0.464 e. The van der Waals surface area contributed by atoms with E-state index in [4.69, 9.17) is 10.3 Å². The summed E-state index contributed by atoms with van der Waals surface area (Å²) in [5.74, 6) is -0.454. The van der Waals surface area contributed by atoms with Crippen LogP contribution in [0, 0.1) is 5.41 Å². The third kappa shape index (κ3) is 11.2. The normalized spacial score (nSPS) is 16.6. The molecule has 1 atom stereocenters. The highest BCUT2D eigenvalue weighted by molar-refractivity contribution is 5.85. The molecule has 0 aromatic carbocycles. The maximum Gasteiger partial charge on any atom is 0.305 e. The number of rotatable bonds is 13. The Morgan fingerprint density at radius 2 is 1.88 bits per heavy atom. The molecule has 1 fully saturated rings. The van der Waals surface area contributed by atoms with Crippen molar-refractivity contribution in [1.29, 1.82) is 0 Å². The highest BCUT2D eigenvalue weighted by Crippen LogP contribution is 2.18. The van der Waals surface area contributed by atoms with Crippen molar-refractivity contribution in [2.75, 3.05) is 45.9 Å². The standard InChI is InChI=1S/C22H38N6O5/c1-5-21(32)33-16-17-14-28(13-12-27(17)15-18(29)22(2,3)4)20(31)9-11-24-19(30)8-6-7-10-25-26-23/h17H,5-16H2,1-4H3,(H,24,30). The number of ketones is 1. The predicted octanol–water partition coefficient (Wildman–Crippen LogP) is 2.05. The van der Waals surface area contributed by atoms with E-state index in [1.807, 2.05) is 25.7 Å². The van der Waals surface area contributed by atoms with Gasteiger partial charge in [-0.25, -0.2) is 0 Å². The lowest BCUT2D eigenvalue weighted by molar-refractivity contribution is -0.147. The van der Waals surface area contributed by atoms with Gasteiger partial charge in [-0.05, 0) is 18.4 Å². The van der Waals surface area contributed by atoms with Crippen molar-refractivity contribution in [3.05, 3.63) is 10.4 Å². The van der Waals surface area contributed by atoms with Gasteiger partial charge in [-0.1, -0.05) is 32.8 Å². The Kier molecular flexibility index (Phi) is 12.5. The van der Waals surface area contributed by atoms with Crippen molar-refractivity contribution >= 4 is 23.6 Å². The molecule has 186 valence electrons. The topological polar surface area (TPSA) is 145 Å². The van der Waals surface area contributed by atoms with Gasteiger partial charge in [0.1, 0.15) is 6.61 Å². The molecule has 1 N–H and O–H groups in total. The van der Waals surface area contributed by atoms with Crippen LogP contribution in [0.3, 0.4) is 0 Å². The van der Waals surface area contributed by atoms with Crippen LogP contribution >= 0.6 is 0 Å². The second-order valence-corrected chi connectivity index (χ2v) is 9.19. The highest BCUT2D eigenvalue weighted by atomic mass is 16.5. The van der Waals surface area contributed by atoms with E-state index >= 15 is 0 Å². The molecule has 11 nitrogen and oxygen atoms in total. The number of amides is 2. The Bertz CT molecular complexity index is 729. The van der Waals surface area contributed by atoms with Crippen LogP contribution in [-0.4, -0.2) is 85.3 Å². The van der Waals surface area contributed by atoms with Gasteiger partial charge >= 0.3 is 5.97 Å². The number of esters is 1. The van der Waals surface area contributed by atoms with Gasteiger partial charge in [-0.3, -0.25) is 24.1 Å². The summed E-state index contributed by atoms with van der Waals surface area (Å²) in [5.41, 5.74) is 7.75. The molecule has 1 saturated heterocycles. The van der Waals surface area contributed by atoms with Crippen molar-refractivity contribution in [1.82, 2.24) is 15.1 Å². The fourth-order valence-corrected chi connectivity index (χ4v) is 3.27. The van der Waals surface area contributed by atoms with Crippen LogP contribution in [0.2, 0.25) is 0 Å². The number of piperazine rings is 1. The van der Waals surface area contributed by atoms with Crippen LogP contribution in [0.1, 0.15) is 59.8 Å². The number of ether oxygens (including phenoxy) is 1. The van der Waals surface area contributed by atoms with Gasteiger partial charge in [0.25, 0.3) is 0 Å². The Morgan fingerprint density at radius 3 is 2.52 bits per heavy atom. The van der Waals surface area contributed by atoms with Crippen molar-refractivity contribution in [2.45, 2.75) is 65.8 Å². The minimum absolute atomic E-state index is 0.0905. The molecule has 0 aliphatic carbocycles. The number of unbranched alkanes of at least 4 members (excludes halogenated alkanes) is 1. The Labute approximate surface area is 195 Å². The lowest BCUT2D eigenvalue weighted by Gasteiger charge is -2.41. The van der Waals surface area contributed by atoms with E-state index in [2.05, 4.69) is 15.3 Å². The first kappa shape index (κ1) is 28.4. The van der Waals surface area contributed by atoms with Crippen LogP contribution in [0.25, 0.3) is 10.4 Å². The monoisotopic (exact) mass is 466 g/mol. The quantitative estimate of drug-likeness (QED) is 0.145. The molecule has 2 amide bonds. The molecule has 0 saturated carbocycles. The Morgan fingerprint density at radius 1 is 1.15 bits per heavy atom. The van der Waals surface area contributed by atoms with E-state index in [1.165, 1.54) is 0 Å². The lowest BCUT2D eigenvalue weighted by atomic mass is 9.90. The summed E-state index contributed by atoms with van der Waals surface area (Å²) in [5, 5.41) is 6.16. The molecule has 33 heavy (non-hydrogen) atoms. The predicted molar refractivity (Wildman–Crippen MR) is 123 cm³/mol. The first-order valence-electron chi connectivity index (χ1n) is 11.6. The number of nitrogens with zero attached hydrogens (tertiary/aromatic N) is 5. The van der Waals surface area contributed by atoms with Crippen LogP contribution in [0.4, 0.5) is 0 Å². The molecule has 1 rings (SSSR count). The van der Waals surface area contributed by atoms with Crippen LogP contribution < -0.4 is 5.32 Å². The van der Waals surface area contributed by atoms with Gasteiger partial charge in [-0.2, -0.15) is 0 Å². The molecule has 11 heteroatoms. The molecule has 1 aliphatic rings. The van der Waals surface area contributed by atoms with E-state index in [0.29, 0.717) is 45.4 Å². The number of hydrogen-bond donors (Lipinski definition) is 1. The summed E-state index contributed by atoms with van der Waals surface area (Å²) >= 11 is 0. The highest BCUT2D eigenvalue weighted by Gasteiger charge is 2.33. The molecule has 1 heterocycles. The molecule has 1 aliphatic heterocycles. The summed E-state index contributed by atoms with van der Waals surface area (Å²) in [6.07, 6.45) is 2.02. The molecule has 0 aromatic rings. The van der Waals surface area contributed by atoms with Gasteiger partial charge in [0.15, 0.2) is 5.78 Å². The molecule has 1 unspecified atom stereocenters. The summed E-state index contributed by atoms with van der Waals surface area (Å²) in [7, 11) is 0. The number of nitrogens with one attached hydrogen (secondary N) is 1. The molecule has 0 aromatic heterocycles. The number of Topliss-reactive ketones (excluding diaryl/α,β-unsaturated/α-hetero) is 1. The Balaban J connectivity index is 2.54. The number of hydrogen-bond acceptors (Lipinski definition) is 7. The summed E-state index contributed by atoms with van der Waals surface area (Å²) in [4.78, 5) is 55.1. The zero-order valence-electron chi connectivity index (χ0n) is 20.3. The number of azide groups is 1. The zero-order valence-corrected chi connectivity index (χ0v) is 20.3. The fourth-order valence-electron chi connectivity index (χ4n) is 3.27. The minimum atomic E-state index is -0.473. The molecular formula is C22H38N6O5.